The predicted octanol–water partition coefficient (Wildman–Crippen LogP) is 2.18. The van der Waals surface area contributed by atoms with Gasteiger partial charge in [0.1, 0.15) is 24.4 Å². The van der Waals surface area contributed by atoms with Crippen molar-refractivity contribution in [2.75, 3.05) is 19.8 Å². The normalized spacial score (nSPS) is 26.2. The van der Waals surface area contributed by atoms with Gasteiger partial charge in [0.2, 0.25) is 0 Å². The Morgan fingerprint density at radius 1 is 1.13 bits per heavy atom. The molecular formula is C18H34O5. The van der Waals surface area contributed by atoms with Crippen LogP contribution in [-0.4, -0.2) is 59.6 Å². The minimum absolute atomic E-state index is 0.260. The van der Waals surface area contributed by atoms with Crippen molar-refractivity contribution in [2.45, 2.75) is 82.7 Å². The van der Waals surface area contributed by atoms with E-state index < -0.39 is 31.0 Å². The second-order valence-corrected chi connectivity index (χ2v) is 6.26. The summed E-state index contributed by atoms with van der Waals surface area (Å²) >= 11 is 0. The van der Waals surface area contributed by atoms with Crippen LogP contribution in [0.15, 0.2) is 12.2 Å². The summed E-state index contributed by atoms with van der Waals surface area (Å²) < 4.78 is 10.9. The van der Waals surface area contributed by atoms with E-state index in [4.69, 9.17) is 14.6 Å². The first kappa shape index (κ1) is 20.6. The number of ether oxygens (including phenoxy) is 2. The Bertz CT molecular complexity index is 308. The van der Waals surface area contributed by atoms with E-state index in [9.17, 15) is 10.2 Å². The van der Waals surface area contributed by atoms with E-state index in [1.165, 1.54) is 32.1 Å². The fourth-order valence-corrected chi connectivity index (χ4v) is 2.74. The second-order valence-electron chi connectivity index (χ2n) is 6.26. The minimum atomic E-state index is -1.06. The molecule has 0 spiro atoms. The molecule has 3 N–H and O–H groups in total. The lowest BCUT2D eigenvalue weighted by Crippen LogP contribution is -2.41. The summed E-state index contributed by atoms with van der Waals surface area (Å²) in [5.41, 5.74) is 0. The van der Waals surface area contributed by atoms with Gasteiger partial charge in [0, 0.05) is 6.61 Å². The van der Waals surface area contributed by atoms with Gasteiger partial charge in [-0.05, 0) is 25.7 Å². The van der Waals surface area contributed by atoms with Gasteiger partial charge < -0.3 is 24.8 Å². The highest BCUT2D eigenvalue weighted by Crippen LogP contribution is 2.20. The summed E-state index contributed by atoms with van der Waals surface area (Å²) in [6.45, 7) is 2.63. The van der Waals surface area contributed by atoms with Crippen LogP contribution in [0.1, 0.15) is 58.3 Å². The van der Waals surface area contributed by atoms with E-state index in [-0.39, 0.29) is 6.61 Å². The van der Waals surface area contributed by atoms with E-state index in [1.807, 2.05) is 0 Å². The third-order valence-corrected chi connectivity index (χ3v) is 4.22. The van der Waals surface area contributed by atoms with Crippen LogP contribution in [0.2, 0.25) is 0 Å². The Labute approximate surface area is 140 Å². The molecule has 1 heterocycles. The number of allylic oxidation sites excluding steroid dienone is 2. The van der Waals surface area contributed by atoms with Crippen LogP contribution in [0.5, 0.6) is 0 Å². The quantitative estimate of drug-likeness (QED) is 0.356. The zero-order chi connectivity index (χ0) is 16.9. The molecule has 0 saturated carbocycles. The molecule has 1 fully saturated rings. The molecule has 0 amide bonds. The van der Waals surface area contributed by atoms with Crippen molar-refractivity contribution in [2.24, 2.45) is 0 Å². The van der Waals surface area contributed by atoms with Crippen molar-refractivity contribution in [3.63, 3.8) is 0 Å². The van der Waals surface area contributed by atoms with Gasteiger partial charge in [-0.2, -0.15) is 0 Å². The van der Waals surface area contributed by atoms with Crippen LogP contribution in [0.25, 0.3) is 0 Å². The highest BCUT2D eigenvalue weighted by Gasteiger charge is 2.40. The molecule has 0 aromatic rings. The molecule has 5 nitrogen and oxygen atoms in total. The number of aliphatic hydroxyl groups is 3. The molecule has 136 valence electrons. The number of aliphatic hydroxyl groups excluding tert-OH is 3. The Kier molecular flexibility index (Phi) is 11.5. The molecule has 0 aromatic carbocycles. The average Bonchev–Trinajstić information content (AvgIpc) is 2.93. The lowest BCUT2D eigenvalue weighted by atomic mass is 10.1. The number of rotatable bonds is 13. The van der Waals surface area contributed by atoms with Gasteiger partial charge in [0.05, 0.1) is 13.2 Å². The Hall–Kier alpha value is -0.460. The molecule has 0 aliphatic carbocycles. The second kappa shape index (κ2) is 12.9. The number of hydrogen-bond acceptors (Lipinski definition) is 5. The summed E-state index contributed by atoms with van der Waals surface area (Å²) in [4.78, 5) is 0. The van der Waals surface area contributed by atoms with Gasteiger partial charge in [-0.3, -0.25) is 0 Å². The standard InChI is InChI=1S/C18H34O5/c1-2-3-4-5-6-7-8-9-10-11-12-22-16-14-23-18(17(16)21)15(20)13-19/h8-9,15-21H,2-7,10-14H2,1H3/b9-8+/t15-,16+,17+,18+/m0/s1. The SMILES string of the molecule is CCCCCCC/C=C/CCCO[C@@H]1CO[C@H]([C@@H](O)CO)[C@@H]1O. The minimum Gasteiger partial charge on any atom is -0.394 e. The largest absolute Gasteiger partial charge is 0.394 e. The third kappa shape index (κ3) is 8.27. The van der Waals surface area contributed by atoms with E-state index >= 15 is 0 Å². The molecule has 0 radical (unpaired) electrons. The van der Waals surface area contributed by atoms with E-state index in [1.54, 1.807) is 0 Å². The van der Waals surface area contributed by atoms with Crippen LogP contribution < -0.4 is 0 Å². The summed E-state index contributed by atoms with van der Waals surface area (Å²) in [5.74, 6) is 0. The number of hydrogen-bond donors (Lipinski definition) is 3. The Balaban J connectivity index is 1.99. The van der Waals surface area contributed by atoms with Gasteiger partial charge in [0.25, 0.3) is 0 Å². The molecule has 23 heavy (non-hydrogen) atoms. The summed E-state index contributed by atoms with van der Waals surface area (Å²) in [6, 6.07) is 0. The third-order valence-electron chi connectivity index (χ3n) is 4.22. The van der Waals surface area contributed by atoms with Gasteiger partial charge in [0.15, 0.2) is 0 Å². The van der Waals surface area contributed by atoms with Crippen LogP contribution in [-0.2, 0) is 9.47 Å². The summed E-state index contributed by atoms with van der Waals surface area (Å²) in [6.07, 6.45) is 10.9. The Morgan fingerprint density at radius 2 is 1.83 bits per heavy atom. The van der Waals surface area contributed by atoms with Gasteiger partial charge in [-0.15, -0.1) is 0 Å². The van der Waals surface area contributed by atoms with Crippen LogP contribution in [0, 0.1) is 0 Å². The van der Waals surface area contributed by atoms with Crippen LogP contribution >= 0.6 is 0 Å². The molecule has 1 saturated heterocycles. The van der Waals surface area contributed by atoms with Crippen molar-refractivity contribution in [3.05, 3.63) is 12.2 Å². The molecule has 0 aromatic heterocycles. The highest BCUT2D eigenvalue weighted by atomic mass is 16.6. The molecule has 1 aliphatic heterocycles. The van der Waals surface area contributed by atoms with Crippen LogP contribution in [0.3, 0.4) is 0 Å². The molecular weight excluding hydrogens is 296 g/mol. The van der Waals surface area contributed by atoms with Crippen molar-refractivity contribution >= 4 is 0 Å². The fraction of sp³-hybridized carbons (Fsp3) is 0.889. The molecule has 5 heteroatoms. The predicted molar refractivity (Wildman–Crippen MR) is 90.3 cm³/mol. The summed E-state index contributed by atoms with van der Waals surface area (Å²) in [5, 5.41) is 28.4. The zero-order valence-corrected chi connectivity index (χ0v) is 14.4. The smallest absolute Gasteiger partial charge is 0.114 e. The topological polar surface area (TPSA) is 79.2 Å². The van der Waals surface area contributed by atoms with Gasteiger partial charge in [-0.25, -0.2) is 0 Å². The number of unbranched alkanes of at least 4 members (excludes halogenated alkanes) is 6. The van der Waals surface area contributed by atoms with Gasteiger partial charge in [-0.1, -0.05) is 44.8 Å². The molecule has 1 aliphatic rings. The maximum absolute atomic E-state index is 9.98. The monoisotopic (exact) mass is 330 g/mol. The Morgan fingerprint density at radius 3 is 2.52 bits per heavy atom. The zero-order valence-electron chi connectivity index (χ0n) is 14.4. The molecule has 1 rings (SSSR count). The van der Waals surface area contributed by atoms with Crippen molar-refractivity contribution in [3.8, 4) is 0 Å². The van der Waals surface area contributed by atoms with Gasteiger partial charge >= 0.3 is 0 Å². The average molecular weight is 330 g/mol. The van der Waals surface area contributed by atoms with Crippen molar-refractivity contribution in [1.82, 2.24) is 0 Å². The lowest BCUT2D eigenvalue weighted by molar-refractivity contribution is -0.0729. The van der Waals surface area contributed by atoms with E-state index in [0.29, 0.717) is 6.61 Å². The molecule has 0 bridgehead atoms. The fourth-order valence-electron chi connectivity index (χ4n) is 2.74. The van der Waals surface area contributed by atoms with E-state index in [0.717, 1.165) is 19.3 Å². The van der Waals surface area contributed by atoms with E-state index in [2.05, 4.69) is 19.1 Å². The first-order valence-electron chi connectivity index (χ1n) is 9.05. The molecule has 4 atom stereocenters. The van der Waals surface area contributed by atoms with Crippen LogP contribution in [0.4, 0.5) is 0 Å². The molecule has 0 unspecified atom stereocenters. The first-order chi connectivity index (χ1) is 11.2. The first-order valence-corrected chi connectivity index (χ1v) is 9.05. The summed E-state index contributed by atoms with van der Waals surface area (Å²) in [7, 11) is 0. The van der Waals surface area contributed by atoms with Crippen molar-refractivity contribution < 1.29 is 24.8 Å². The maximum atomic E-state index is 9.98. The lowest BCUT2D eigenvalue weighted by Gasteiger charge is -2.20. The maximum Gasteiger partial charge on any atom is 0.114 e. The van der Waals surface area contributed by atoms with Crippen molar-refractivity contribution in [1.29, 1.82) is 0 Å². The highest BCUT2D eigenvalue weighted by molar-refractivity contribution is 4.89.